The van der Waals surface area contributed by atoms with Crippen molar-refractivity contribution in [2.75, 3.05) is 20.3 Å². The fraction of sp³-hybridized carbons (Fsp3) is 1.00. The Kier molecular flexibility index (Phi) is 3.69. The molecule has 2 saturated heterocycles. The first kappa shape index (κ1) is 11.8. The molecule has 4 nitrogen and oxygen atoms in total. The molecule has 2 heterocycles. The van der Waals surface area contributed by atoms with Crippen LogP contribution in [0.25, 0.3) is 0 Å². The quantitative estimate of drug-likeness (QED) is 0.495. The third-order valence-corrected chi connectivity index (χ3v) is 3.74. The molecule has 0 bridgehead atoms. The first-order valence-corrected chi connectivity index (χ1v) is 5.85. The zero-order valence-electron chi connectivity index (χ0n) is 9.27. The van der Waals surface area contributed by atoms with E-state index in [1.165, 1.54) is 0 Å². The van der Waals surface area contributed by atoms with Crippen LogP contribution in [0.2, 0.25) is 0 Å². The Hall–Kier alpha value is 0.335. The minimum atomic E-state index is -0.259. The lowest BCUT2D eigenvalue weighted by molar-refractivity contribution is -0.0615. The smallest absolute Gasteiger partial charge is 0.143 e. The molecule has 0 amide bonds. The zero-order chi connectivity index (χ0) is 10.9. The van der Waals surface area contributed by atoms with Gasteiger partial charge in [0.1, 0.15) is 25.7 Å². The molecule has 3 unspecified atom stereocenters. The second kappa shape index (κ2) is 4.68. The van der Waals surface area contributed by atoms with Crippen molar-refractivity contribution in [2.24, 2.45) is 0 Å². The van der Waals surface area contributed by atoms with Gasteiger partial charge in [-0.3, -0.25) is 0 Å². The van der Waals surface area contributed by atoms with Gasteiger partial charge in [-0.2, -0.15) is 0 Å². The van der Waals surface area contributed by atoms with E-state index in [-0.39, 0.29) is 23.8 Å². The molecule has 15 heavy (non-hydrogen) atoms. The Morgan fingerprint density at radius 3 is 2.93 bits per heavy atom. The van der Waals surface area contributed by atoms with Gasteiger partial charge >= 0.3 is 0 Å². The molecular formula is C9H18BO4P. The molecule has 0 radical (unpaired) electrons. The van der Waals surface area contributed by atoms with Crippen LogP contribution in [0.1, 0.15) is 12.8 Å². The van der Waals surface area contributed by atoms with Crippen LogP contribution in [-0.4, -0.2) is 52.0 Å². The molecular weight excluding hydrogens is 214 g/mol. The summed E-state index contributed by atoms with van der Waals surface area (Å²) < 4.78 is 22.3. The highest BCUT2D eigenvalue weighted by molar-refractivity contribution is 7.09. The summed E-state index contributed by atoms with van der Waals surface area (Å²) in [6.45, 7) is 1.35. The molecule has 6 heteroatoms. The van der Waals surface area contributed by atoms with Gasteiger partial charge in [-0.15, -0.1) is 0 Å². The minimum absolute atomic E-state index is 0.0272. The van der Waals surface area contributed by atoms with E-state index in [2.05, 4.69) is 17.3 Å². The third-order valence-electron chi connectivity index (χ3n) is 3.45. The van der Waals surface area contributed by atoms with E-state index in [9.17, 15) is 0 Å². The molecule has 1 spiro atoms. The average Bonchev–Trinajstić information content (AvgIpc) is 2.77. The maximum absolute atomic E-state index is 5.87. The Morgan fingerprint density at radius 2 is 2.40 bits per heavy atom. The zero-order valence-corrected chi connectivity index (χ0v) is 10.4. The Morgan fingerprint density at radius 1 is 1.60 bits per heavy atom. The van der Waals surface area contributed by atoms with Crippen molar-refractivity contribution in [3.05, 3.63) is 0 Å². The lowest BCUT2D eigenvalue weighted by Gasteiger charge is -2.32. The summed E-state index contributed by atoms with van der Waals surface area (Å²) in [6, 6.07) is 0.0747. The summed E-state index contributed by atoms with van der Waals surface area (Å²) in [6.07, 6.45) is 2.02. The van der Waals surface area contributed by atoms with Gasteiger partial charge in [-0.1, -0.05) is 0 Å². The third kappa shape index (κ3) is 1.85. The lowest BCUT2D eigenvalue weighted by atomic mass is 9.78. The van der Waals surface area contributed by atoms with Crippen molar-refractivity contribution in [3.8, 4) is 0 Å². The number of methoxy groups -OCH3 is 1. The molecule has 5 atom stereocenters. The van der Waals surface area contributed by atoms with Crippen molar-refractivity contribution < 1.29 is 18.7 Å². The summed E-state index contributed by atoms with van der Waals surface area (Å²) in [5.74, 6) is 0. The fourth-order valence-electron chi connectivity index (χ4n) is 2.72. The van der Waals surface area contributed by atoms with Crippen LogP contribution < -0.4 is 0 Å². The maximum atomic E-state index is 5.87. The van der Waals surface area contributed by atoms with E-state index in [1.54, 1.807) is 7.11 Å². The molecule has 0 aromatic rings. The van der Waals surface area contributed by atoms with Gasteiger partial charge in [-0.05, 0) is 12.8 Å². The maximum Gasteiger partial charge on any atom is 0.143 e. The van der Waals surface area contributed by atoms with Crippen molar-refractivity contribution in [2.45, 2.75) is 36.7 Å². The van der Waals surface area contributed by atoms with E-state index in [1.807, 2.05) is 0 Å². The van der Waals surface area contributed by atoms with Gasteiger partial charge in [0.15, 0.2) is 0 Å². The van der Waals surface area contributed by atoms with Crippen LogP contribution in [0.3, 0.4) is 0 Å². The normalized spacial score (nSPS) is 45.3. The highest BCUT2D eigenvalue weighted by atomic mass is 31.0. The first-order valence-electron chi connectivity index (χ1n) is 5.38. The number of hydrogen-bond donors (Lipinski definition) is 0. The van der Waals surface area contributed by atoms with Gasteiger partial charge in [0.25, 0.3) is 0 Å². The van der Waals surface area contributed by atoms with Crippen LogP contribution in [0.5, 0.6) is 0 Å². The SMILES string of the molecule is BC1OC(COC)[C@@H](OP)[C@]12CCCO2. The van der Waals surface area contributed by atoms with Crippen LogP contribution in [0, 0.1) is 0 Å². The van der Waals surface area contributed by atoms with Gasteiger partial charge in [0.2, 0.25) is 0 Å². The van der Waals surface area contributed by atoms with Gasteiger partial charge in [0, 0.05) is 23.2 Å². The second-order valence-corrected chi connectivity index (χ2v) is 4.51. The van der Waals surface area contributed by atoms with Crippen molar-refractivity contribution in [1.29, 1.82) is 0 Å². The fourth-order valence-corrected chi connectivity index (χ4v) is 3.12. The summed E-state index contributed by atoms with van der Waals surface area (Å²) in [4.78, 5) is 0. The molecule has 0 aromatic heterocycles. The molecule has 2 fully saturated rings. The Labute approximate surface area is 93.7 Å². The average molecular weight is 232 g/mol. The molecule has 0 aromatic carbocycles. The monoisotopic (exact) mass is 232 g/mol. The van der Waals surface area contributed by atoms with Crippen LogP contribution in [0.15, 0.2) is 0 Å². The summed E-state index contributed by atoms with van der Waals surface area (Å²) >= 11 is 0. The van der Waals surface area contributed by atoms with Crippen LogP contribution in [-0.2, 0) is 18.7 Å². The van der Waals surface area contributed by atoms with E-state index in [0.717, 1.165) is 19.4 Å². The predicted octanol–water partition coefficient (Wildman–Crippen LogP) is -0.285. The molecule has 2 rings (SSSR count). The Bertz CT molecular complexity index is 222. The molecule has 0 N–H and O–H groups in total. The number of ether oxygens (including phenoxy) is 3. The van der Waals surface area contributed by atoms with E-state index in [4.69, 9.17) is 18.7 Å². The number of hydrogen-bond acceptors (Lipinski definition) is 4. The van der Waals surface area contributed by atoms with Crippen LogP contribution in [0.4, 0.5) is 0 Å². The Balaban J connectivity index is 2.15. The second-order valence-electron chi connectivity index (χ2n) is 4.24. The highest BCUT2D eigenvalue weighted by Crippen LogP contribution is 2.43. The van der Waals surface area contributed by atoms with Crippen molar-refractivity contribution in [1.82, 2.24) is 0 Å². The van der Waals surface area contributed by atoms with E-state index in [0.29, 0.717) is 6.61 Å². The van der Waals surface area contributed by atoms with Gasteiger partial charge in [-0.25, -0.2) is 0 Å². The highest BCUT2D eigenvalue weighted by Gasteiger charge is 2.57. The predicted molar refractivity (Wildman–Crippen MR) is 61.6 cm³/mol. The number of rotatable bonds is 3. The molecule has 0 aliphatic carbocycles. The largest absolute Gasteiger partial charge is 0.382 e. The van der Waals surface area contributed by atoms with E-state index < -0.39 is 0 Å². The van der Waals surface area contributed by atoms with Crippen molar-refractivity contribution >= 4 is 17.3 Å². The first-order chi connectivity index (χ1) is 7.24. The van der Waals surface area contributed by atoms with Crippen molar-refractivity contribution in [3.63, 3.8) is 0 Å². The summed E-state index contributed by atoms with van der Waals surface area (Å²) in [5, 5.41) is 0. The topological polar surface area (TPSA) is 36.9 Å². The molecule has 0 saturated carbocycles. The molecule has 2 aliphatic heterocycles. The van der Waals surface area contributed by atoms with Gasteiger partial charge in [0.05, 0.1) is 12.6 Å². The molecule has 2 aliphatic rings. The minimum Gasteiger partial charge on any atom is -0.382 e. The standard InChI is InChI=1S/C9H18BO4P/c1-11-5-6-7(14-15)9(8(10)13-6)3-2-4-12-9/h6-8H,2-5,10,15H2,1H3/t6?,7-,8?,9-/m1/s1. The molecule has 86 valence electrons. The summed E-state index contributed by atoms with van der Waals surface area (Å²) in [5.41, 5.74) is -0.259. The van der Waals surface area contributed by atoms with E-state index >= 15 is 0 Å². The lowest BCUT2D eigenvalue weighted by Crippen LogP contribution is -2.48. The summed E-state index contributed by atoms with van der Waals surface area (Å²) in [7, 11) is 6.05. The van der Waals surface area contributed by atoms with Gasteiger partial charge < -0.3 is 18.7 Å². The van der Waals surface area contributed by atoms with Crippen LogP contribution >= 0.6 is 9.47 Å².